The predicted molar refractivity (Wildman–Crippen MR) is 71.9 cm³/mol. The third-order valence-corrected chi connectivity index (χ3v) is 3.44. The number of aromatic nitrogens is 1. The van der Waals surface area contributed by atoms with Crippen LogP contribution in [0.5, 0.6) is 0 Å². The zero-order valence-electron chi connectivity index (χ0n) is 11.4. The summed E-state index contributed by atoms with van der Waals surface area (Å²) in [5.41, 5.74) is -0.0608. The van der Waals surface area contributed by atoms with Crippen LogP contribution in [0.2, 0.25) is 0 Å². The zero-order valence-corrected chi connectivity index (χ0v) is 11.4. The maximum Gasteiger partial charge on any atom is 0.268 e. The lowest BCUT2D eigenvalue weighted by molar-refractivity contribution is -0.0459. The van der Waals surface area contributed by atoms with Gasteiger partial charge in [-0.05, 0) is 26.0 Å². The van der Waals surface area contributed by atoms with Gasteiger partial charge < -0.3 is 9.30 Å². The Morgan fingerprint density at radius 1 is 1.58 bits per heavy atom. The maximum absolute atomic E-state index is 12.0. The van der Waals surface area contributed by atoms with Crippen LogP contribution in [0.1, 0.15) is 19.4 Å². The van der Waals surface area contributed by atoms with Crippen molar-refractivity contribution >= 4 is 0 Å². The molecule has 1 aliphatic heterocycles. The molecule has 0 amide bonds. The Morgan fingerprint density at radius 2 is 2.37 bits per heavy atom. The van der Waals surface area contributed by atoms with Crippen LogP contribution in [0.3, 0.4) is 0 Å². The summed E-state index contributed by atoms with van der Waals surface area (Å²) in [6, 6.07) is 5.66. The van der Waals surface area contributed by atoms with Gasteiger partial charge in [0.05, 0.1) is 19.3 Å². The first-order chi connectivity index (χ1) is 9.11. The highest BCUT2D eigenvalue weighted by Gasteiger charge is 2.22. The number of pyridine rings is 1. The van der Waals surface area contributed by atoms with E-state index in [0.717, 1.165) is 13.1 Å². The van der Waals surface area contributed by atoms with Crippen LogP contribution in [0.15, 0.2) is 23.1 Å². The fourth-order valence-electron chi connectivity index (χ4n) is 2.31. The van der Waals surface area contributed by atoms with Gasteiger partial charge in [0.2, 0.25) is 0 Å². The van der Waals surface area contributed by atoms with Gasteiger partial charge in [0.15, 0.2) is 0 Å². The molecule has 0 saturated carbocycles. The molecule has 19 heavy (non-hydrogen) atoms. The molecule has 1 aliphatic rings. The molecule has 1 fully saturated rings. The molecule has 0 bridgehead atoms. The average Bonchev–Trinajstić information content (AvgIpc) is 2.41. The Kier molecular flexibility index (Phi) is 4.35. The summed E-state index contributed by atoms with van der Waals surface area (Å²) < 4.78 is 7.27. The van der Waals surface area contributed by atoms with Gasteiger partial charge in [-0.1, -0.05) is 0 Å². The minimum atomic E-state index is -0.240. The Labute approximate surface area is 113 Å². The first-order valence-corrected chi connectivity index (χ1v) is 6.57. The fourth-order valence-corrected chi connectivity index (χ4v) is 2.31. The average molecular weight is 261 g/mol. The minimum absolute atomic E-state index is 0.00259. The largest absolute Gasteiger partial charge is 0.374 e. The van der Waals surface area contributed by atoms with Crippen LogP contribution < -0.4 is 5.56 Å². The van der Waals surface area contributed by atoms with Gasteiger partial charge in [0.1, 0.15) is 11.6 Å². The third kappa shape index (κ3) is 3.22. The Bertz CT molecular complexity index is 530. The highest BCUT2D eigenvalue weighted by atomic mass is 16.5. The van der Waals surface area contributed by atoms with Crippen molar-refractivity contribution in [1.82, 2.24) is 9.47 Å². The molecule has 1 aromatic rings. The van der Waals surface area contributed by atoms with Crippen molar-refractivity contribution in [2.75, 3.05) is 19.7 Å². The first kappa shape index (κ1) is 13.8. The molecule has 1 saturated heterocycles. The summed E-state index contributed by atoms with van der Waals surface area (Å²) in [4.78, 5) is 14.3. The van der Waals surface area contributed by atoms with Crippen molar-refractivity contribution in [2.24, 2.45) is 0 Å². The number of hydrogen-bond acceptors (Lipinski definition) is 4. The van der Waals surface area contributed by atoms with Crippen molar-refractivity contribution < 1.29 is 4.74 Å². The van der Waals surface area contributed by atoms with Gasteiger partial charge in [0.25, 0.3) is 5.56 Å². The van der Waals surface area contributed by atoms with Gasteiger partial charge in [-0.2, -0.15) is 5.26 Å². The molecule has 0 radical (unpaired) electrons. The Morgan fingerprint density at radius 3 is 3.05 bits per heavy atom. The summed E-state index contributed by atoms with van der Waals surface area (Å²) in [5, 5.41) is 8.86. The molecule has 2 heterocycles. The van der Waals surface area contributed by atoms with E-state index in [9.17, 15) is 4.79 Å². The summed E-state index contributed by atoms with van der Waals surface area (Å²) >= 11 is 0. The number of nitriles is 1. The summed E-state index contributed by atoms with van der Waals surface area (Å²) in [6.07, 6.45) is 1.71. The first-order valence-electron chi connectivity index (χ1n) is 6.57. The second-order valence-corrected chi connectivity index (χ2v) is 5.07. The summed E-state index contributed by atoms with van der Waals surface area (Å²) in [6.45, 7) is 7.25. The van der Waals surface area contributed by atoms with Crippen molar-refractivity contribution in [3.05, 3.63) is 34.2 Å². The number of hydrogen-bond donors (Lipinski definition) is 0. The van der Waals surface area contributed by atoms with E-state index >= 15 is 0 Å². The molecule has 1 aromatic heterocycles. The molecule has 0 N–H and O–H groups in total. The van der Waals surface area contributed by atoms with Crippen LogP contribution in [0, 0.1) is 11.3 Å². The smallest absolute Gasteiger partial charge is 0.268 e. The van der Waals surface area contributed by atoms with E-state index in [1.165, 1.54) is 0 Å². The SMILES string of the molecule is CC(C)N1CCOC(Cn2cccc(C#N)c2=O)C1. The molecule has 0 aromatic carbocycles. The quantitative estimate of drug-likeness (QED) is 0.808. The van der Waals surface area contributed by atoms with E-state index in [1.807, 2.05) is 6.07 Å². The summed E-state index contributed by atoms with van der Waals surface area (Å²) in [5.74, 6) is 0. The van der Waals surface area contributed by atoms with E-state index in [4.69, 9.17) is 10.00 Å². The minimum Gasteiger partial charge on any atom is -0.374 e. The molecule has 1 atom stereocenters. The Balaban J connectivity index is 2.09. The highest BCUT2D eigenvalue weighted by molar-refractivity contribution is 5.24. The molecule has 0 spiro atoms. The zero-order chi connectivity index (χ0) is 13.8. The molecular formula is C14H19N3O2. The fraction of sp³-hybridized carbons (Fsp3) is 0.571. The molecule has 102 valence electrons. The van der Waals surface area contributed by atoms with Gasteiger partial charge >= 0.3 is 0 Å². The van der Waals surface area contributed by atoms with E-state index in [-0.39, 0.29) is 17.2 Å². The van der Waals surface area contributed by atoms with Crippen molar-refractivity contribution in [2.45, 2.75) is 32.5 Å². The Hall–Kier alpha value is -1.64. The van der Waals surface area contributed by atoms with Crippen LogP contribution in [-0.2, 0) is 11.3 Å². The molecule has 5 nitrogen and oxygen atoms in total. The second kappa shape index (κ2) is 6.00. The van der Waals surface area contributed by atoms with Gasteiger partial charge in [-0.15, -0.1) is 0 Å². The molecular weight excluding hydrogens is 242 g/mol. The van der Waals surface area contributed by atoms with Crippen LogP contribution in [-0.4, -0.2) is 41.3 Å². The number of rotatable bonds is 3. The van der Waals surface area contributed by atoms with Crippen molar-refractivity contribution in [3.63, 3.8) is 0 Å². The van der Waals surface area contributed by atoms with E-state index in [0.29, 0.717) is 19.2 Å². The van der Waals surface area contributed by atoms with Crippen molar-refractivity contribution in [3.8, 4) is 6.07 Å². The van der Waals surface area contributed by atoms with Crippen LogP contribution >= 0.6 is 0 Å². The highest BCUT2D eigenvalue weighted by Crippen LogP contribution is 2.10. The third-order valence-electron chi connectivity index (χ3n) is 3.44. The van der Waals surface area contributed by atoms with E-state index in [2.05, 4.69) is 18.7 Å². The lowest BCUT2D eigenvalue weighted by Crippen LogP contribution is -2.47. The maximum atomic E-state index is 12.0. The number of ether oxygens (including phenoxy) is 1. The van der Waals surface area contributed by atoms with Gasteiger partial charge in [-0.25, -0.2) is 0 Å². The lowest BCUT2D eigenvalue weighted by Gasteiger charge is -2.35. The summed E-state index contributed by atoms with van der Waals surface area (Å²) in [7, 11) is 0. The van der Waals surface area contributed by atoms with Crippen LogP contribution in [0.25, 0.3) is 0 Å². The van der Waals surface area contributed by atoms with E-state index < -0.39 is 0 Å². The molecule has 1 unspecified atom stereocenters. The van der Waals surface area contributed by atoms with Gasteiger partial charge in [-0.3, -0.25) is 9.69 Å². The standard InChI is InChI=1S/C14H19N3O2/c1-11(2)16-6-7-19-13(9-16)10-17-5-3-4-12(8-15)14(17)18/h3-5,11,13H,6-7,9-10H2,1-2H3. The predicted octanol–water partition coefficient (Wildman–Crippen LogP) is 0.829. The van der Waals surface area contributed by atoms with Crippen LogP contribution in [0.4, 0.5) is 0 Å². The van der Waals surface area contributed by atoms with Crippen molar-refractivity contribution in [1.29, 1.82) is 5.26 Å². The van der Waals surface area contributed by atoms with Gasteiger partial charge in [0, 0.05) is 25.3 Å². The molecule has 0 aliphatic carbocycles. The number of nitrogens with zero attached hydrogens (tertiary/aromatic N) is 3. The monoisotopic (exact) mass is 261 g/mol. The molecule has 2 rings (SSSR count). The normalized spacial score (nSPS) is 20.4. The number of morpholine rings is 1. The lowest BCUT2D eigenvalue weighted by atomic mass is 10.2. The molecule has 5 heteroatoms. The second-order valence-electron chi connectivity index (χ2n) is 5.07. The topological polar surface area (TPSA) is 58.3 Å². The van der Waals surface area contributed by atoms with E-state index in [1.54, 1.807) is 22.9 Å².